The first-order valence-electron chi connectivity index (χ1n) is 13.4. The van der Waals surface area contributed by atoms with Gasteiger partial charge in [0.15, 0.2) is 0 Å². The fourth-order valence-corrected chi connectivity index (χ4v) is 5.32. The van der Waals surface area contributed by atoms with Crippen LogP contribution in [-0.4, -0.2) is 48.1 Å². The van der Waals surface area contributed by atoms with Gasteiger partial charge >= 0.3 is 6.61 Å². The number of ether oxygens (including phenoxy) is 1. The van der Waals surface area contributed by atoms with E-state index in [9.17, 15) is 18.4 Å². The van der Waals surface area contributed by atoms with E-state index in [1.165, 1.54) is 4.90 Å². The summed E-state index contributed by atoms with van der Waals surface area (Å²) in [6.07, 6.45) is 7.57. The van der Waals surface area contributed by atoms with Gasteiger partial charge in [-0.1, -0.05) is 58.2 Å². The molecule has 2 fully saturated rings. The van der Waals surface area contributed by atoms with Crippen LogP contribution in [0.1, 0.15) is 76.5 Å². The third-order valence-corrected chi connectivity index (χ3v) is 7.39. The number of nitrogens with one attached hydrogen (secondary N) is 2. The van der Waals surface area contributed by atoms with E-state index in [2.05, 4.69) is 41.1 Å². The van der Waals surface area contributed by atoms with Crippen molar-refractivity contribution < 1.29 is 23.1 Å². The van der Waals surface area contributed by atoms with Crippen LogP contribution in [0.3, 0.4) is 0 Å². The maximum atomic E-state index is 14.1. The molecule has 1 aliphatic carbocycles. The second-order valence-electron chi connectivity index (χ2n) is 11.3. The number of alkyl halides is 2. The number of carbonyl (C=O) groups is 2. The molecular weight excluding hydrogens is 490 g/mol. The quantitative estimate of drug-likeness (QED) is 0.511. The van der Waals surface area contributed by atoms with Crippen LogP contribution < -0.4 is 15.5 Å². The van der Waals surface area contributed by atoms with Crippen molar-refractivity contribution in [2.45, 2.75) is 95.6 Å². The highest BCUT2D eigenvalue weighted by atomic mass is 19.3. The van der Waals surface area contributed by atoms with Crippen LogP contribution >= 0.6 is 0 Å². The van der Waals surface area contributed by atoms with Crippen molar-refractivity contribution in [1.82, 2.24) is 15.6 Å². The number of aromatic nitrogens is 1. The summed E-state index contributed by atoms with van der Waals surface area (Å²) in [5.41, 5.74) is 2.12. The third-order valence-electron chi connectivity index (χ3n) is 7.39. The van der Waals surface area contributed by atoms with Crippen molar-refractivity contribution >= 4 is 17.5 Å². The molecule has 1 saturated heterocycles. The van der Waals surface area contributed by atoms with Crippen molar-refractivity contribution in [1.29, 1.82) is 0 Å². The van der Waals surface area contributed by atoms with Crippen LogP contribution in [0.2, 0.25) is 0 Å². The van der Waals surface area contributed by atoms with E-state index in [1.807, 2.05) is 24.3 Å². The zero-order valence-electron chi connectivity index (χ0n) is 22.3. The number of hydrogen-bond donors (Lipinski definition) is 2. The van der Waals surface area contributed by atoms with E-state index in [0.29, 0.717) is 11.3 Å². The lowest BCUT2D eigenvalue weighted by atomic mass is 9.87. The highest BCUT2D eigenvalue weighted by molar-refractivity contribution is 6.04. The fourth-order valence-electron chi connectivity index (χ4n) is 5.32. The van der Waals surface area contributed by atoms with Crippen LogP contribution in [-0.2, 0) is 19.7 Å². The van der Waals surface area contributed by atoms with E-state index in [1.54, 1.807) is 24.5 Å². The highest BCUT2D eigenvalue weighted by Gasteiger charge is 2.40. The topological polar surface area (TPSA) is 83.6 Å². The van der Waals surface area contributed by atoms with Gasteiger partial charge in [-0.05, 0) is 48.4 Å². The van der Waals surface area contributed by atoms with Gasteiger partial charge in [-0.2, -0.15) is 8.78 Å². The van der Waals surface area contributed by atoms with E-state index in [0.717, 1.165) is 37.7 Å². The summed E-state index contributed by atoms with van der Waals surface area (Å²) < 4.78 is 30.4. The molecule has 1 aliphatic heterocycles. The number of amides is 2. The van der Waals surface area contributed by atoms with E-state index in [4.69, 9.17) is 0 Å². The summed E-state index contributed by atoms with van der Waals surface area (Å²) in [5.74, 6) is -0.655. The summed E-state index contributed by atoms with van der Waals surface area (Å²) in [6.45, 7) is 3.52. The Bertz CT molecular complexity index is 1070. The first kappa shape index (κ1) is 28.1. The molecule has 4 rings (SSSR count). The Labute approximate surface area is 223 Å². The van der Waals surface area contributed by atoms with Gasteiger partial charge in [0.05, 0.1) is 12.1 Å². The van der Waals surface area contributed by atoms with Gasteiger partial charge in [-0.15, -0.1) is 0 Å². The Hall–Kier alpha value is -2.91. The monoisotopic (exact) mass is 528 g/mol. The fraction of sp³-hybridized carbons (Fsp3) is 0.552. The van der Waals surface area contributed by atoms with Crippen LogP contribution in [0.4, 0.5) is 14.5 Å². The van der Waals surface area contributed by atoms with Crippen LogP contribution in [0, 0.1) is 0 Å². The number of anilines is 1. The zero-order valence-corrected chi connectivity index (χ0v) is 22.3. The highest BCUT2D eigenvalue weighted by Crippen LogP contribution is 2.33. The SMILES string of the molecule is CC(C)(C)c1ccc(N(C(=O)[C@H]2C[C@@H](OC(F)F)CN2)C(C(=O)NC2CCCCC2)c2cccnc2)cc1. The Kier molecular flexibility index (Phi) is 9.10. The molecule has 0 spiro atoms. The number of hydrogen-bond acceptors (Lipinski definition) is 5. The van der Waals surface area contributed by atoms with Crippen LogP contribution in [0.25, 0.3) is 0 Å². The van der Waals surface area contributed by atoms with Crippen molar-refractivity contribution in [3.63, 3.8) is 0 Å². The summed E-state index contributed by atoms with van der Waals surface area (Å²) >= 11 is 0. The van der Waals surface area contributed by atoms with E-state index < -0.39 is 24.8 Å². The smallest absolute Gasteiger partial charge is 0.345 e. The molecule has 2 aliphatic rings. The summed E-state index contributed by atoms with van der Waals surface area (Å²) in [7, 11) is 0. The minimum atomic E-state index is -2.92. The minimum absolute atomic E-state index is 0.0454. The maximum absolute atomic E-state index is 14.1. The number of pyridine rings is 1. The maximum Gasteiger partial charge on any atom is 0.345 e. The molecule has 0 radical (unpaired) electrons. The first-order valence-corrected chi connectivity index (χ1v) is 13.4. The molecule has 2 heterocycles. The predicted molar refractivity (Wildman–Crippen MR) is 142 cm³/mol. The molecule has 9 heteroatoms. The van der Waals surface area contributed by atoms with Gasteiger partial charge in [-0.3, -0.25) is 19.5 Å². The summed E-state index contributed by atoms with van der Waals surface area (Å²) in [5, 5.41) is 6.21. The summed E-state index contributed by atoms with van der Waals surface area (Å²) in [6, 6.07) is 9.42. The molecule has 1 unspecified atom stereocenters. The Morgan fingerprint density at radius 2 is 1.82 bits per heavy atom. The van der Waals surface area contributed by atoms with Crippen molar-refractivity contribution in [3.8, 4) is 0 Å². The van der Waals surface area contributed by atoms with Crippen molar-refractivity contribution in [3.05, 3.63) is 59.9 Å². The normalized spacial score (nSPS) is 21.3. The molecule has 1 aromatic heterocycles. The molecule has 0 bridgehead atoms. The second-order valence-corrected chi connectivity index (χ2v) is 11.3. The molecule has 206 valence electrons. The number of nitrogens with zero attached hydrogens (tertiary/aromatic N) is 2. The van der Waals surface area contributed by atoms with Gasteiger partial charge in [0.25, 0.3) is 0 Å². The van der Waals surface area contributed by atoms with Gasteiger partial charge in [0.1, 0.15) is 6.04 Å². The summed E-state index contributed by atoms with van der Waals surface area (Å²) in [4.78, 5) is 33.7. The molecule has 38 heavy (non-hydrogen) atoms. The molecular formula is C29H38F2N4O3. The largest absolute Gasteiger partial charge is 0.351 e. The lowest BCUT2D eigenvalue weighted by Gasteiger charge is -2.35. The lowest BCUT2D eigenvalue weighted by molar-refractivity contribution is -0.157. The first-order chi connectivity index (χ1) is 18.1. The van der Waals surface area contributed by atoms with Crippen LogP contribution in [0.5, 0.6) is 0 Å². The van der Waals surface area contributed by atoms with Gasteiger partial charge in [0, 0.05) is 36.2 Å². The number of benzene rings is 1. The molecule has 7 nitrogen and oxygen atoms in total. The number of rotatable bonds is 8. The minimum Gasteiger partial charge on any atom is -0.351 e. The van der Waals surface area contributed by atoms with Gasteiger partial charge < -0.3 is 15.4 Å². The Morgan fingerprint density at radius 1 is 1.11 bits per heavy atom. The van der Waals surface area contributed by atoms with Crippen molar-refractivity contribution in [2.75, 3.05) is 11.4 Å². The number of carbonyl (C=O) groups excluding carboxylic acids is 2. The second kappa shape index (κ2) is 12.3. The van der Waals surface area contributed by atoms with Crippen molar-refractivity contribution in [2.24, 2.45) is 0 Å². The predicted octanol–water partition coefficient (Wildman–Crippen LogP) is 4.87. The standard InChI is InChI=1S/C29H38F2N4O3/c1-29(2,3)20-11-13-22(14-12-20)35(27(37)24-16-23(18-33-24)38-28(30)31)25(19-8-7-15-32-17-19)26(36)34-21-9-5-4-6-10-21/h7-8,11-15,17,21,23-25,28,33H,4-6,9-10,16,18H2,1-3H3,(H,34,36)/t23-,24-,25?/m1/s1. The van der Waals surface area contributed by atoms with Crippen LogP contribution in [0.15, 0.2) is 48.8 Å². The molecule has 1 saturated carbocycles. The molecule has 2 N–H and O–H groups in total. The number of halogens is 2. The zero-order chi connectivity index (χ0) is 27.3. The molecule has 2 aromatic rings. The van der Waals surface area contributed by atoms with Gasteiger partial charge in [0.2, 0.25) is 11.8 Å². The van der Waals surface area contributed by atoms with E-state index in [-0.39, 0.29) is 36.2 Å². The average molecular weight is 529 g/mol. The Balaban J connectivity index is 1.71. The van der Waals surface area contributed by atoms with E-state index >= 15 is 0 Å². The average Bonchev–Trinajstić information content (AvgIpc) is 3.35. The van der Waals surface area contributed by atoms with Gasteiger partial charge in [-0.25, -0.2) is 0 Å². The molecule has 2 amide bonds. The molecule has 3 atom stereocenters. The molecule has 1 aromatic carbocycles. The Morgan fingerprint density at radius 3 is 2.42 bits per heavy atom. The third kappa shape index (κ3) is 6.94. The lowest BCUT2D eigenvalue weighted by Crippen LogP contribution is -2.51.